The first kappa shape index (κ1) is 21.7. The normalized spacial score (nSPS) is 12.4. The van der Waals surface area contributed by atoms with Crippen molar-refractivity contribution in [3.63, 3.8) is 0 Å². The van der Waals surface area contributed by atoms with Crippen LogP contribution < -0.4 is 10.0 Å². The van der Waals surface area contributed by atoms with Crippen molar-refractivity contribution < 1.29 is 13.2 Å². The SMILES string of the molecule is Cc1ccc(S(=O)(=O)NC(Cc2ccccc2)C(=O)Nc2cc(C)cc(C)c2)cc1. The summed E-state index contributed by atoms with van der Waals surface area (Å²) in [5.41, 5.74) is 4.51. The van der Waals surface area contributed by atoms with Gasteiger partial charge in [0.2, 0.25) is 15.9 Å². The molecule has 0 spiro atoms. The first-order valence-electron chi connectivity index (χ1n) is 9.75. The number of carbonyl (C=O) groups excluding carboxylic acids is 1. The van der Waals surface area contributed by atoms with Crippen LogP contribution in [0.2, 0.25) is 0 Å². The number of hydrogen-bond acceptors (Lipinski definition) is 3. The maximum Gasteiger partial charge on any atom is 0.242 e. The highest BCUT2D eigenvalue weighted by atomic mass is 32.2. The lowest BCUT2D eigenvalue weighted by atomic mass is 10.1. The summed E-state index contributed by atoms with van der Waals surface area (Å²) >= 11 is 0. The molecule has 0 aliphatic rings. The number of hydrogen-bond donors (Lipinski definition) is 2. The lowest BCUT2D eigenvalue weighted by Crippen LogP contribution is -2.45. The minimum atomic E-state index is -3.86. The number of benzene rings is 3. The zero-order valence-electron chi connectivity index (χ0n) is 17.3. The maximum absolute atomic E-state index is 13.1. The van der Waals surface area contributed by atoms with Gasteiger partial charge in [0, 0.05) is 5.69 Å². The Labute approximate surface area is 178 Å². The van der Waals surface area contributed by atoms with E-state index in [0.717, 1.165) is 22.3 Å². The van der Waals surface area contributed by atoms with E-state index in [2.05, 4.69) is 10.0 Å². The van der Waals surface area contributed by atoms with Gasteiger partial charge >= 0.3 is 0 Å². The summed E-state index contributed by atoms with van der Waals surface area (Å²) in [5, 5.41) is 2.86. The fraction of sp³-hybridized carbons (Fsp3) is 0.208. The Morgan fingerprint density at radius 1 is 0.833 bits per heavy atom. The van der Waals surface area contributed by atoms with Crippen LogP contribution in [0.3, 0.4) is 0 Å². The van der Waals surface area contributed by atoms with Gasteiger partial charge in [-0.3, -0.25) is 4.79 Å². The first-order chi connectivity index (χ1) is 14.2. The van der Waals surface area contributed by atoms with Crippen molar-refractivity contribution in [2.45, 2.75) is 38.1 Å². The van der Waals surface area contributed by atoms with Crippen LogP contribution in [-0.4, -0.2) is 20.4 Å². The molecular weight excluding hydrogens is 396 g/mol. The average molecular weight is 423 g/mol. The van der Waals surface area contributed by atoms with Gasteiger partial charge in [-0.1, -0.05) is 54.1 Å². The van der Waals surface area contributed by atoms with Crippen molar-refractivity contribution in [1.29, 1.82) is 0 Å². The number of carbonyl (C=O) groups is 1. The van der Waals surface area contributed by atoms with E-state index in [1.807, 2.05) is 69.3 Å². The van der Waals surface area contributed by atoms with Gasteiger partial charge in [-0.2, -0.15) is 4.72 Å². The fourth-order valence-electron chi connectivity index (χ4n) is 3.29. The monoisotopic (exact) mass is 422 g/mol. The summed E-state index contributed by atoms with van der Waals surface area (Å²) < 4.78 is 28.4. The Hall–Kier alpha value is -2.96. The van der Waals surface area contributed by atoms with Crippen LogP contribution in [-0.2, 0) is 21.2 Å². The molecular formula is C24H26N2O3S. The highest BCUT2D eigenvalue weighted by molar-refractivity contribution is 7.89. The number of aryl methyl sites for hydroxylation is 3. The van der Waals surface area contributed by atoms with Crippen molar-refractivity contribution in [3.05, 3.63) is 95.1 Å². The average Bonchev–Trinajstić information content (AvgIpc) is 2.67. The quantitative estimate of drug-likeness (QED) is 0.601. The topological polar surface area (TPSA) is 75.3 Å². The van der Waals surface area contributed by atoms with Crippen molar-refractivity contribution in [2.24, 2.45) is 0 Å². The predicted molar refractivity (Wildman–Crippen MR) is 120 cm³/mol. The highest BCUT2D eigenvalue weighted by Crippen LogP contribution is 2.16. The van der Waals surface area contributed by atoms with Gasteiger partial charge in [0.1, 0.15) is 6.04 Å². The number of amides is 1. The lowest BCUT2D eigenvalue weighted by molar-refractivity contribution is -0.117. The molecule has 0 aliphatic carbocycles. The molecule has 0 aromatic heterocycles. The minimum Gasteiger partial charge on any atom is -0.325 e. The van der Waals surface area contributed by atoms with Crippen LogP contribution >= 0.6 is 0 Å². The second-order valence-corrected chi connectivity index (χ2v) is 9.26. The number of anilines is 1. The molecule has 1 unspecified atom stereocenters. The Kier molecular flexibility index (Phi) is 6.70. The standard InChI is InChI=1S/C24H26N2O3S/c1-17-9-11-22(12-10-17)30(28,29)26-23(16-20-7-5-4-6-8-20)24(27)25-21-14-18(2)13-19(3)15-21/h4-15,23,26H,16H2,1-3H3,(H,25,27). The smallest absolute Gasteiger partial charge is 0.242 e. The summed E-state index contributed by atoms with van der Waals surface area (Å²) in [6.07, 6.45) is 0.239. The molecule has 0 saturated carbocycles. The molecule has 3 aromatic carbocycles. The zero-order chi connectivity index (χ0) is 21.7. The molecule has 0 radical (unpaired) electrons. The van der Waals surface area contributed by atoms with Gasteiger partial charge in [-0.15, -0.1) is 0 Å². The largest absolute Gasteiger partial charge is 0.325 e. The predicted octanol–water partition coefficient (Wildman–Crippen LogP) is 4.14. The van der Waals surface area contributed by atoms with Gasteiger partial charge in [0.05, 0.1) is 4.90 Å². The van der Waals surface area contributed by atoms with Crippen LogP contribution in [0.15, 0.2) is 77.7 Å². The third-order valence-electron chi connectivity index (χ3n) is 4.72. The molecule has 30 heavy (non-hydrogen) atoms. The molecule has 1 amide bonds. The van der Waals surface area contributed by atoms with E-state index in [1.54, 1.807) is 24.3 Å². The molecule has 3 rings (SSSR count). The molecule has 0 saturated heterocycles. The van der Waals surface area contributed by atoms with E-state index >= 15 is 0 Å². The van der Waals surface area contributed by atoms with Crippen molar-refractivity contribution in [1.82, 2.24) is 4.72 Å². The van der Waals surface area contributed by atoms with Crippen LogP contribution in [0, 0.1) is 20.8 Å². The van der Waals surface area contributed by atoms with Crippen molar-refractivity contribution in [3.8, 4) is 0 Å². The van der Waals surface area contributed by atoms with E-state index in [-0.39, 0.29) is 11.3 Å². The van der Waals surface area contributed by atoms with Gasteiger partial charge in [0.25, 0.3) is 0 Å². The Bertz CT molecular complexity index is 1100. The Morgan fingerprint density at radius 3 is 2.03 bits per heavy atom. The molecule has 0 heterocycles. The van der Waals surface area contributed by atoms with E-state index < -0.39 is 22.0 Å². The number of nitrogens with one attached hydrogen (secondary N) is 2. The molecule has 1 atom stereocenters. The van der Waals surface area contributed by atoms with Gasteiger partial charge in [0.15, 0.2) is 0 Å². The molecule has 3 aromatic rings. The molecule has 0 fully saturated rings. The number of sulfonamides is 1. The fourth-order valence-corrected chi connectivity index (χ4v) is 4.48. The van der Waals surface area contributed by atoms with E-state index in [0.29, 0.717) is 5.69 Å². The third-order valence-corrected chi connectivity index (χ3v) is 6.20. The van der Waals surface area contributed by atoms with E-state index in [1.165, 1.54) is 0 Å². The zero-order valence-corrected chi connectivity index (χ0v) is 18.2. The van der Waals surface area contributed by atoms with Gasteiger partial charge in [-0.05, 0) is 68.1 Å². The molecule has 156 valence electrons. The Morgan fingerprint density at radius 2 is 1.43 bits per heavy atom. The molecule has 0 bridgehead atoms. The number of rotatable bonds is 7. The summed E-state index contributed by atoms with van der Waals surface area (Å²) in [6, 6.07) is 20.7. The summed E-state index contributed by atoms with van der Waals surface area (Å²) in [4.78, 5) is 13.2. The third kappa shape index (κ3) is 5.78. The summed E-state index contributed by atoms with van der Waals surface area (Å²) in [7, 11) is -3.86. The molecule has 6 heteroatoms. The van der Waals surface area contributed by atoms with Gasteiger partial charge in [-0.25, -0.2) is 8.42 Å². The van der Waals surface area contributed by atoms with Crippen LogP contribution in [0.5, 0.6) is 0 Å². The summed E-state index contributed by atoms with van der Waals surface area (Å²) in [5.74, 6) is -0.403. The van der Waals surface area contributed by atoms with Crippen LogP contribution in [0.25, 0.3) is 0 Å². The van der Waals surface area contributed by atoms with Crippen LogP contribution in [0.4, 0.5) is 5.69 Å². The second-order valence-electron chi connectivity index (χ2n) is 7.54. The summed E-state index contributed by atoms with van der Waals surface area (Å²) in [6.45, 7) is 5.79. The van der Waals surface area contributed by atoms with E-state index in [4.69, 9.17) is 0 Å². The Balaban J connectivity index is 1.87. The lowest BCUT2D eigenvalue weighted by Gasteiger charge is -2.19. The van der Waals surface area contributed by atoms with Gasteiger partial charge < -0.3 is 5.32 Å². The molecule has 0 aliphatic heterocycles. The van der Waals surface area contributed by atoms with Crippen molar-refractivity contribution in [2.75, 3.05) is 5.32 Å². The minimum absolute atomic E-state index is 0.130. The van der Waals surface area contributed by atoms with Crippen molar-refractivity contribution >= 4 is 21.6 Å². The highest BCUT2D eigenvalue weighted by Gasteiger charge is 2.26. The molecule has 5 nitrogen and oxygen atoms in total. The maximum atomic E-state index is 13.1. The second kappa shape index (κ2) is 9.24. The van der Waals surface area contributed by atoms with Crippen LogP contribution in [0.1, 0.15) is 22.3 Å². The first-order valence-corrected chi connectivity index (χ1v) is 11.2. The molecule has 2 N–H and O–H groups in total. The van der Waals surface area contributed by atoms with E-state index in [9.17, 15) is 13.2 Å².